The van der Waals surface area contributed by atoms with Gasteiger partial charge in [-0.3, -0.25) is 9.80 Å². The average molecular weight is 257 g/mol. The van der Waals surface area contributed by atoms with Gasteiger partial charge in [-0.2, -0.15) is 0 Å². The zero-order valence-corrected chi connectivity index (χ0v) is 11.5. The van der Waals surface area contributed by atoms with Crippen molar-refractivity contribution in [1.29, 1.82) is 0 Å². The minimum Gasteiger partial charge on any atom is -0.395 e. The summed E-state index contributed by atoms with van der Waals surface area (Å²) >= 11 is 0. The number of aliphatic hydroxyl groups excluding tert-OH is 1. The van der Waals surface area contributed by atoms with Gasteiger partial charge in [0.1, 0.15) is 0 Å². The fraction of sp³-hybridized carbons (Fsp3) is 1.00. The number of aliphatic hydroxyl groups is 1. The molecule has 0 aromatic heterocycles. The largest absolute Gasteiger partial charge is 0.395 e. The normalized spacial score (nSPS) is 32.3. The molecule has 0 aliphatic carbocycles. The van der Waals surface area contributed by atoms with Crippen molar-refractivity contribution in [3.8, 4) is 0 Å². The fourth-order valence-corrected chi connectivity index (χ4v) is 2.88. The molecule has 0 amide bonds. The molecule has 106 valence electrons. The van der Waals surface area contributed by atoms with Gasteiger partial charge in [0.25, 0.3) is 0 Å². The predicted molar refractivity (Wildman–Crippen MR) is 71.8 cm³/mol. The van der Waals surface area contributed by atoms with Crippen LogP contribution >= 0.6 is 0 Å². The molecule has 18 heavy (non-hydrogen) atoms. The summed E-state index contributed by atoms with van der Waals surface area (Å²) in [4.78, 5) is 4.93. The van der Waals surface area contributed by atoms with E-state index in [4.69, 9.17) is 4.74 Å². The maximum absolute atomic E-state index is 9.53. The number of rotatable bonds is 4. The number of hydrogen-bond donors (Lipinski definition) is 2. The van der Waals surface area contributed by atoms with Crippen molar-refractivity contribution in [2.75, 3.05) is 59.1 Å². The van der Waals surface area contributed by atoms with Gasteiger partial charge in [-0.05, 0) is 19.9 Å². The summed E-state index contributed by atoms with van der Waals surface area (Å²) in [5.41, 5.74) is 0. The molecule has 0 saturated carbocycles. The van der Waals surface area contributed by atoms with Crippen molar-refractivity contribution in [3.05, 3.63) is 0 Å². The second kappa shape index (κ2) is 7.40. The van der Waals surface area contributed by atoms with Crippen LogP contribution in [0.5, 0.6) is 0 Å². The Labute approximate surface area is 110 Å². The van der Waals surface area contributed by atoms with Gasteiger partial charge in [0, 0.05) is 44.8 Å². The van der Waals surface area contributed by atoms with E-state index in [1.54, 1.807) is 0 Å². The Morgan fingerprint density at radius 3 is 2.78 bits per heavy atom. The fourth-order valence-electron chi connectivity index (χ4n) is 2.88. The van der Waals surface area contributed by atoms with E-state index in [1.165, 1.54) is 6.42 Å². The molecule has 0 aromatic rings. The molecule has 2 unspecified atom stereocenters. The first-order valence-electron chi connectivity index (χ1n) is 7.18. The third kappa shape index (κ3) is 3.90. The minimum atomic E-state index is 0.250. The van der Waals surface area contributed by atoms with Crippen LogP contribution in [0.25, 0.3) is 0 Å². The Bertz CT molecular complexity index is 234. The highest BCUT2D eigenvalue weighted by molar-refractivity contribution is 4.83. The third-order valence-corrected chi connectivity index (χ3v) is 4.14. The first-order valence-corrected chi connectivity index (χ1v) is 7.18. The van der Waals surface area contributed by atoms with Crippen molar-refractivity contribution in [3.63, 3.8) is 0 Å². The highest BCUT2D eigenvalue weighted by Crippen LogP contribution is 2.12. The molecule has 2 heterocycles. The van der Waals surface area contributed by atoms with E-state index >= 15 is 0 Å². The first-order chi connectivity index (χ1) is 8.81. The van der Waals surface area contributed by atoms with Crippen molar-refractivity contribution < 1.29 is 9.84 Å². The lowest BCUT2D eigenvalue weighted by Gasteiger charge is -2.36. The second-order valence-corrected chi connectivity index (χ2v) is 5.37. The van der Waals surface area contributed by atoms with E-state index in [9.17, 15) is 5.11 Å². The number of hydrogen-bond acceptors (Lipinski definition) is 5. The van der Waals surface area contributed by atoms with Gasteiger partial charge in [-0.1, -0.05) is 0 Å². The number of nitrogens with one attached hydrogen (secondary N) is 1. The van der Waals surface area contributed by atoms with E-state index in [-0.39, 0.29) is 12.6 Å². The Hall–Kier alpha value is -0.200. The van der Waals surface area contributed by atoms with Gasteiger partial charge >= 0.3 is 0 Å². The molecule has 0 spiro atoms. The maximum atomic E-state index is 9.53. The van der Waals surface area contributed by atoms with Crippen molar-refractivity contribution in [1.82, 2.24) is 15.1 Å². The highest BCUT2D eigenvalue weighted by atomic mass is 16.5. The molecule has 0 aromatic carbocycles. The van der Waals surface area contributed by atoms with Crippen LogP contribution in [-0.2, 0) is 4.74 Å². The van der Waals surface area contributed by atoms with Crippen LogP contribution in [0.15, 0.2) is 0 Å². The van der Waals surface area contributed by atoms with Crippen LogP contribution < -0.4 is 5.32 Å². The molecule has 2 atom stereocenters. The van der Waals surface area contributed by atoms with Gasteiger partial charge < -0.3 is 15.2 Å². The van der Waals surface area contributed by atoms with Crippen LogP contribution in [0, 0.1) is 0 Å². The molecule has 5 heteroatoms. The molecule has 2 aliphatic heterocycles. The topological polar surface area (TPSA) is 48.0 Å². The van der Waals surface area contributed by atoms with Crippen molar-refractivity contribution in [2.24, 2.45) is 0 Å². The second-order valence-electron chi connectivity index (χ2n) is 5.37. The summed E-state index contributed by atoms with van der Waals surface area (Å²) < 4.78 is 5.37. The Morgan fingerprint density at radius 1 is 1.28 bits per heavy atom. The summed E-state index contributed by atoms with van der Waals surface area (Å²) in [6, 6.07) is 0.821. The van der Waals surface area contributed by atoms with Gasteiger partial charge in [-0.25, -0.2) is 0 Å². The van der Waals surface area contributed by atoms with Gasteiger partial charge in [-0.15, -0.1) is 0 Å². The Morgan fingerprint density at radius 2 is 2.06 bits per heavy atom. The van der Waals surface area contributed by atoms with Crippen LogP contribution in [0.3, 0.4) is 0 Å². The number of nitrogens with zero attached hydrogens (tertiary/aromatic N) is 2. The third-order valence-electron chi connectivity index (χ3n) is 4.14. The van der Waals surface area contributed by atoms with Crippen LogP contribution in [-0.4, -0.2) is 86.1 Å². The molecule has 0 bridgehead atoms. The minimum absolute atomic E-state index is 0.250. The zero-order chi connectivity index (χ0) is 12.8. The van der Waals surface area contributed by atoms with Gasteiger partial charge in [0.2, 0.25) is 0 Å². The highest BCUT2D eigenvalue weighted by Gasteiger charge is 2.25. The Balaban J connectivity index is 1.82. The molecule has 2 fully saturated rings. The monoisotopic (exact) mass is 257 g/mol. The summed E-state index contributed by atoms with van der Waals surface area (Å²) in [6.45, 7) is 10.4. The standard InChI is InChI=1S/C13H27N3O2/c1-12-2-3-14-10-13(11-17)16(12)5-4-15-6-8-18-9-7-15/h12-14,17H,2-11H2,1H3. The molecular weight excluding hydrogens is 230 g/mol. The smallest absolute Gasteiger partial charge is 0.0599 e. The van der Waals surface area contributed by atoms with E-state index in [0.29, 0.717) is 6.04 Å². The number of morpholine rings is 1. The van der Waals surface area contributed by atoms with E-state index in [0.717, 1.165) is 52.5 Å². The SMILES string of the molecule is CC1CCNCC(CO)N1CCN1CCOCC1. The molecular formula is C13H27N3O2. The van der Waals surface area contributed by atoms with Crippen molar-refractivity contribution >= 4 is 0 Å². The lowest BCUT2D eigenvalue weighted by molar-refractivity contribution is 0.0239. The molecule has 2 N–H and O–H groups in total. The van der Waals surface area contributed by atoms with Crippen LogP contribution in [0.1, 0.15) is 13.3 Å². The summed E-state index contributed by atoms with van der Waals surface area (Å²) in [6.07, 6.45) is 1.17. The van der Waals surface area contributed by atoms with Crippen LogP contribution in [0.2, 0.25) is 0 Å². The summed E-state index contributed by atoms with van der Waals surface area (Å²) in [5, 5.41) is 12.9. The molecule has 2 saturated heterocycles. The van der Waals surface area contributed by atoms with Gasteiger partial charge in [0.05, 0.1) is 19.8 Å². The van der Waals surface area contributed by atoms with E-state index in [1.807, 2.05) is 0 Å². The molecule has 2 aliphatic rings. The quantitative estimate of drug-likeness (QED) is 0.702. The Kier molecular flexibility index (Phi) is 5.85. The molecule has 0 radical (unpaired) electrons. The lowest BCUT2D eigenvalue weighted by Crippen LogP contribution is -2.50. The summed E-state index contributed by atoms with van der Waals surface area (Å²) in [7, 11) is 0. The average Bonchev–Trinajstić information content (AvgIpc) is 2.59. The zero-order valence-electron chi connectivity index (χ0n) is 11.5. The predicted octanol–water partition coefficient (Wildman–Crippen LogP) is -0.637. The van der Waals surface area contributed by atoms with Crippen LogP contribution in [0.4, 0.5) is 0 Å². The summed E-state index contributed by atoms with van der Waals surface area (Å²) in [5.74, 6) is 0. The van der Waals surface area contributed by atoms with E-state index < -0.39 is 0 Å². The number of ether oxygens (including phenoxy) is 1. The lowest BCUT2D eigenvalue weighted by atomic mass is 10.1. The first kappa shape index (κ1) is 14.2. The van der Waals surface area contributed by atoms with Crippen molar-refractivity contribution in [2.45, 2.75) is 25.4 Å². The maximum Gasteiger partial charge on any atom is 0.0599 e. The molecule has 5 nitrogen and oxygen atoms in total. The van der Waals surface area contributed by atoms with Gasteiger partial charge in [0.15, 0.2) is 0 Å². The molecule has 2 rings (SSSR count). The van der Waals surface area contributed by atoms with E-state index in [2.05, 4.69) is 22.0 Å².